The molecule has 0 saturated heterocycles. The predicted octanol–water partition coefficient (Wildman–Crippen LogP) is 1.42. The molecule has 1 heterocycles. The van der Waals surface area contributed by atoms with Gasteiger partial charge in [0.1, 0.15) is 0 Å². The Morgan fingerprint density at radius 3 is 2.61 bits per heavy atom. The van der Waals surface area contributed by atoms with Gasteiger partial charge in [-0.1, -0.05) is 30.3 Å². The van der Waals surface area contributed by atoms with Gasteiger partial charge < -0.3 is 15.6 Å². The van der Waals surface area contributed by atoms with Gasteiger partial charge in [-0.15, -0.1) is 0 Å². The third-order valence-electron chi connectivity index (χ3n) is 2.60. The van der Waals surface area contributed by atoms with Gasteiger partial charge in [-0.3, -0.25) is 4.79 Å². The first-order chi connectivity index (χ1) is 8.84. The van der Waals surface area contributed by atoms with Crippen LogP contribution in [0.3, 0.4) is 0 Å². The molecule has 1 aromatic carbocycles. The number of hydrogen-bond donors (Lipinski definition) is 3. The Morgan fingerprint density at radius 1 is 1.06 bits per heavy atom. The molecule has 4 nitrogen and oxygen atoms in total. The summed E-state index contributed by atoms with van der Waals surface area (Å²) in [6, 6.07) is 13.8. The molecule has 0 radical (unpaired) electrons. The van der Waals surface area contributed by atoms with Crippen molar-refractivity contribution in [1.82, 2.24) is 15.6 Å². The van der Waals surface area contributed by atoms with Crippen molar-refractivity contribution in [3.63, 3.8) is 0 Å². The maximum atomic E-state index is 11.6. The van der Waals surface area contributed by atoms with Crippen molar-refractivity contribution in [1.29, 1.82) is 0 Å². The second-order valence-electron chi connectivity index (χ2n) is 4.06. The Kier molecular flexibility index (Phi) is 4.55. The van der Waals surface area contributed by atoms with Gasteiger partial charge in [0.15, 0.2) is 0 Å². The van der Waals surface area contributed by atoms with Crippen LogP contribution in [0.2, 0.25) is 0 Å². The molecule has 18 heavy (non-hydrogen) atoms. The lowest BCUT2D eigenvalue weighted by atomic mass is 10.2. The Balaban J connectivity index is 1.63. The van der Waals surface area contributed by atoms with Gasteiger partial charge in [0.05, 0.1) is 6.54 Å². The number of carbonyl (C=O) groups excluding carboxylic acids is 1. The van der Waals surface area contributed by atoms with Crippen molar-refractivity contribution >= 4 is 5.91 Å². The molecule has 0 aliphatic rings. The van der Waals surface area contributed by atoms with E-state index in [0.29, 0.717) is 19.6 Å². The average molecular weight is 243 g/mol. The van der Waals surface area contributed by atoms with Gasteiger partial charge in [0, 0.05) is 25.0 Å². The highest BCUT2D eigenvalue weighted by Crippen LogP contribution is 1.97. The lowest BCUT2D eigenvalue weighted by molar-refractivity contribution is -0.120. The minimum Gasteiger partial charge on any atom is -0.364 e. The fourth-order valence-corrected chi connectivity index (χ4v) is 1.65. The van der Waals surface area contributed by atoms with E-state index >= 15 is 0 Å². The van der Waals surface area contributed by atoms with Crippen LogP contribution in [0, 0.1) is 0 Å². The number of nitrogens with one attached hydrogen (secondary N) is 3. The van der Waals surface area contributed by atoms with Crippen LogP contribution >= 0.6 is 0 Å². The summed E-state index contributed by atoms with van der Waals surface area (Å²) in [6.07, 6.45) is 1.87. The number of benzene rings is 1. The van der Waals surface area contributed by atoms with Gasteiger partial charge >= 0.3 is 0 Å². The Labute approximate surface area is 106 Å². The van der Waals surface area contributed by atoms with Crippen LogP contribution in [0.5, 0.6) is 0 Å². The number of aromatic nitrogens is 1. The van der Waals surface area contributed by atoms with Crippen molar-refractivity contribution in [3.8, 4) is 0 Å². The zero-order chi connectivity index (χ0) is 12.6. The minimum atomic E-state index is 0.00501. The smallest absolute Gasteiger partial charge is 0.234 e. The summed E-state index contributed by atoms with van der Waals surface area (Å²) < 4.78 is 0. The van der Waals surface area contributed by atoms with E-state index < -0.39 is 0 Å². The molecule has 2 rings (SSSR count). The second-order valence-corrected chi connectivity index (χ2v) is 4.06. The molecular formula is C14H17N3O. The molecule has 1 aromatic heterocycles. The predicted molar refractivity (Wildman–Crippen MR) is 70.8 cm³/mol. The molecule has 0 bridgehead atoms. The molecule has 4 heteroatoms. The molecule has 0 unspecified atom stereocenters. The van der Waals surface area contributed by atoms with Gasteiger partial charge in [0.25, 0.3) is 0 Å². The molecule has 2 aromatic rings. The largest absolute Gasteiger partial charge is 0.364 e. The highest BCUT2D eigenvalue weighted by atomic mass is 16.1. The van der Waals surface area contributed by atoms with Crippen molar-refractivity contribution in [2.75, 3.05) is 6.54 Å². The average Bonchev–Trinajstić information content (AvgIpc) is 2.91. The highest BCUT2D eigenvalue weighted by molar-refractivity contribution is 5.77. The number of aromatic amines is 1. The zero-order valence-corrected chi connectivity index (χ0v) is 10.1. The summed E-state index contributed by atoms with van der Waals surface area (Å²) in [5, 5.41) is 5.95. The summed E-state index contributed by atoms with van der Waals surface area (Å²) in [4.78, 5) is 14.6. The first-order valence-electron chi connectivity index (χ1n) is 5.98. The second kappa shape index (κ2) is 6.61. The van der Waals surface area contributed by atoms with Gasteiger partial charge in [-0.25, -0.2) is 0 Å². The molecule has 0 atom stereocenters. The van der Waals surface area contributed by atoms with E-state index in [1.165, 1.54) is 0 Å². The fraction of sp³-hybridized carbons (Fsp3) is 0.214. The molecule has 0 saturated carbocycles. The highest BCUT2D eigenvalue weighted by Gasteiger charge is 2.00. The Hall–Kier alpha value is -2.07. The van der Waals surface area contributed by atoms with Crippen LogP contribution in [0.25, 0.3) is 0 Å². The van der Waals surface area contributed by atoms with Crippen molar-refractivity contribution in [3.05, 3.63) is 59.9 Å². The molecule has 0 spiro atoms. The third-order valence-corrected chi connectivity index (χ3v) is 2.60. The van der Waals surface area contributed by atoms with E-state index in [1.807, 2.05) is 48.7 Å². The molecule has 0 aliphatic heterocycles. The van der Waals surface area contributed by atoms with E-state index in [1.54, 1.807) is 0 Å². The fourth-order valence-electron chi connectivity index (χ4n) is 1.65. The molecule has 1 amide bonds. The van der Waals surface area contributed by atoms with Gasteiger partial charge in [-0.05, 0) is 17.7 Å². The number of rotatable bonds is 6. The van der Waals surface area contributed by atoms with Crippen LogP contribution in [-0.2, 0) is 17.9 Å². The van der Waals surface area contributed by atoms with E-state index in [4.69, 9.17) is 0 Å². The van der Waals surface area contributed by atoms with Crippen molar-refractivity contribution in [2.24, 2.45) is 0 Å². The Bertz CT molecular complexity index is 465. The monoisotopic (exact) mass is 243 g/mol. The van der Waals surface area contributed by atoms with Crippen LogP contribution in [0.15, 0.2) is 48.7 Å². The van der Waals surface area contributed by atoms with Gasteiger partial charge in [0.2, 0.25) is 5.91 Å². The number of carbonyl (C=O) groups is 1. The molecule has 94 valence electrons. The van der Waals surface area contributed by atoms with E-state index in [2.05, 4.69) is 15.6 Å². The van der Waals surface area contributed by atoms with E-state index in [9.17, 15) is 4.79 Å². The van der Waals surface area contributed by atoms with E-state index in [0.717, 1.165) is 11.3 Å². The van der Waals surface area contributed by atoms with Crippen molar-refractivity contribution < 1.29 is 4.79 Å². The van der Waals surface area contributed by atoms with Crippen LogP contribution in [0.1, 0.15) is 11.3 Å². The summed E-state index contributed by atoms with van der Waals surface area (Å²) in [7, 11) is 0. The quantitative estimate of drug-likeness (QED) is 0.718. The van der Waals surface area contributed by atoms with Gasteiger partial charge in [-0.2, -0.15) is 0 Å². The van der Waals surface area contributed by atoms with E-state index in [-0.39, 0.29) is 5.91 Å². The van der Waals surface area contributed by atoms with Crippen LogP contribution in [-0.4, -0.2) is 17.4 Å². The summed E-state index contributed by atoms with van der Waals surface area (Å²) in [5.74, 6) is 0.00501. The first-order valence-corrected chi connectivity index (χ1v) is 5.98. The normalized spacial score (nSPS) is 10.2. The minimum absolute atomic E-state index is 0.00501. The summed E-state index contributed by atoms with van der Waals surface area (Å²) in [5.41, 5.74) is 2.18. The maximum Gasteiger partial charge on any atom is 0.234 e. The number of H-pyrrole nitrogens is 1. The molecule has 3 N–H and O–H groups in total. The van der Waals surface area contributed by atoms with Crippen molar-refractivity contribution in [2.45, 2.75) is 13.1 Å². The summed E-state index contributed by atoms with van der Waals surface area (Å²) in [6.45, 7) is 1.57. The first kappa shape index (κ1) is 12.4. The molecule has 0 aliphatic carbocycles. The number of amides is 1. The number of hydrogen-bond acceptors (Lipinski definition) is 2. The molecular weight excluding hydrogens is 226 g/mol. The zero-order valence-electron chi connectivity index (χ0n) is 10.1. The lowest BCUT2D eigenvalue weighted by Gasteiger charge is -2.06. The third kappa shape index (κ3) is 4.07. The topological polar surface area (TPSA) is 56.9 Å². The van der Waals surface area contributed by atoms with Crippen LogP contribution < -0.4 is 10.6 Å². The SMILES string of the molecule is O=C(CNCc1ccc[nH]1)NCc1ccccc1. The maximum absolute atomic E-state index is 11.6. The van der Waals surface area contributed by atoms with Crippen LogP contribution in [0.4, 0.5) is 0 Å². The standard InChI is InChI=1S/C14H17N3O/c18-14(11-15-10-13-7-4-8-16-13)17-9-12-5-2-1-3-6-12/h1-8,15-16H,9-11H2,(H,17,18). The lowest BCUT2D eigenvalue weighted by Crippen LogP contribution is -2.33. The molecule has 0 fully saturated rings. The Morgan fingerprint density at radius 2 is 1.89 bits per heavy atom. The summed E-state index contributed by atoms with van der Waals surface area (Å²) >= 11 is 0.